The predicted octanol–water partition coefficient (Wildman–Crippen LogP) is 5.66. The van der Waals surface area contributed by atoms with Crippen LogP contribution < -0.4 is 5.32 Å². The second-order valence-corrected chi connectivity index (χ2v) is 12.9. The number of esters is 2. The third-order valence-corrected chi connectivity index (χ3v) is 5.89. The Morgan fingerprint density at radius 1 is 0.842 bits per heavy atom. The monoisotopic (exact) mass is 559 g/mol. The fraction of sp³-hybridized carbons (Fsp3) is 0.654. The van der Waals surface area contributed by atoms with Crippen molar-refractivity contribution in [1.29, 1.82) is 0 Å². The molecule has 1 aromatic carbocycles. The molecule has 0 aliphatic carbocycles. The maximum absolute atomic E-state index is 13.5. The molecule has 0 spiro atoms. The van der Waals surface area contributed by atoms with Crippen LogP contribution >= 0.6 is 7.82 Å². The summed E-state index contributed by atoms with van der Waals surface area (Å²) >= 11 is 0. The highest BCUT2D eigenvalue weighted by Crippen LogP contribution is 2.56. The van der Waals surface area contributed by atoms with Crippen LogP contribution in [0.15, 0.2) is 30.3 Å². The molecule has 1 rings (SSSR count). The summed E-state index contributed by atoms with van der Waals surface area (Å²) in [5, 5.41) is 2.38. The Kier molecular flexibility index (Phi) is 12.4. The Labute approximate surface area is 225 Å². The lowest BCUT2D eigenvalue weighted by Gasteiger charge is -2.32. The smallest absolute Gasteiger partial charge is 0.461 e. The standard InChI is InChI=1S/C26H42NO10P/c1-24(2,3)34-20(28)15-16-27-23(30)33-22(17-21(29)32-18-19-13-11-10-12-14-19)35-38(31,36-25(4,5)6)37-26(7,8)9/h10-14,22H,15-18H2,1-9H3,(H,27,30). The summed E-state index contributed by atoms with van der Waals surface area (Å²) in [6.07, 6.45) is -3.42. The summed E-state index contributed by atoms with van der Waals surface area (Å²) in [6, 6.07) is 8.97. The Morgan fingerprint density at radius 3 is 1.89 bits per heavy atom. The van der Waals surface area contributed by atoms with E-state index in [2.05, 4.69) is 5.32 Å². The number of rotatable bonds is 12. The first-order chi connectivity index (χ1) is 17.3. The topological polar surface area (TPSA) is 136 Å². The number of phosphoric ester groups is 1. The minimum Gasteiger partial charge on any atom is -0.461 e. The summed E-state index contributed by atoms with van der Waals surface area (Å²) in [7, 11) is -4.36. The summed E-state index contributed by atoms with van der Waals surface area (Å²) in [5.74, 6) is -1.30. The third kappa shape index (κ3) is 16.4. The maximum Gasteiger partial charge on any atom is 0.478 e. The van der Waals surface area contributed by atoms with Gasteiger partial charge in [0.05, 0.1) is 17.6 Å². The molecule has 0 radical (unpaired) electrons. The Balaban J connectivity index is 2.95. The van der Waals surface area contributed by atoms with Crippen LogP contribution in [0.3, 0.4) is 0 Å². The molecule has 11 nitrogen and oxygen atoms in total. The lowest BCUT2D eigenvalue weighted by Crippen LogP contribution is -2.35. The highest BCUT2D eigenvalue weighted by Gasteiger charge is 2.41. The van der Waals surface area contributed by atoms with Gasteiger partial charge in [0.2, 0.25) is 6.29 Å². The highest BCUT2D eigenvalue weighted by atomic mass is 31.2. The van der Waals surface area contributed by atoms with E-state index in [9.17, 15) is 18.9 Å². The van der Waals surface area contributed by atoms with E-state index in [0.717, 1.165) is 5.56 Å². The SMILES string of the molecule is CC(C)(C)OC(=O)CCNC(=O)OC(CC(=O)OCc1ccccc1)OP(=O)(OC(C)(C)C)OC(C)(C)C. The van der Waals surface area contributed by atoms with Crippen molar-refractivity contribution in [3.05, 3.63) is 35.9 Å². The Hall–Kier alpha value is -2.46. The van der Waals surface area contributed by atoms with Gasteiger partial charge in [-0.2, -0.15) is 0 Å². The van der Waals surface area contributed by atoms with Crippen molar-refractivity contribution in [2.75, 3.05) is 6.54 Å². The van der Waals surface area contributed by atoms with E-state index in [1.807, 2.05) is 6.07 Å². The van der Waals surface area contributed by atoms with E-state index >= 15 is 0 Å². The molecule has 0 aliphatic heterocycles. The fourth-order valence-corrected chi connectivity index (χ4v) is 4.60. The van der Waals surface area contributed by atoms with E-state index in [4.69, 9.17) is 27.8 Å². The first-order valence-electron chi connectivity index (χ1n) is 12.3. The molecule has 1 N–H and O–H groups in total. The van der Waals surface area contributed by atoms with Crippen LogP contribution in [0.4, 0.5) is 4.79 Å². The number of carbonyl (C=O) groups excluding carboxylic acids is 3. The quantitative estimate of drug-likeness (QED) is 0.148. The van der Waals surface area contributed by atoms with Crippen LogP contribution in [0, 0.1) is 0 Å². The molecule has 0 aromatic heterocycles. The molecular formula is C26H42NO10P. The molecule has 0 aliphatic rings. The third-order valence-electron chi connectivity index (χ3n) is 3.85. The number of nitrogens with one attached hydrogen (secondary N) is 1. The van der Waals surface area contributed by atoms with Crippen molar-refractivity contribution in [3.63, 3.8) is 0 Å². The van der Waals surface area contributed by atoms with Gasteiger partial charge in [-0.1, -0.05) is 30.3 Å². The van der Waals surface area contributed by atoms with Gasteiger partial charge < -0.3 is 19.5 Å². The van der Waals surface area contributed by atoms with Gasteiger partial charge in [-0.15, -0.1) is 0 Å². The average molecular weight is 560 g/mol. The second-order valence-electron chi connectivity index (χ2n) is 11.4. The number of carbonyl (C=O) groups is 3. The molecule has 0 saturated heterocycles. The van der Waals surface area contributed by atoms with E-state index in [-0.39, 0.29) is 19.6 Å². The number of hydrogen-bond donors (Lipinski definition) is 1. The highest BCUT2D eigenvalue weighted by molar-refractivity contribution is 7.48. The zero-order valence-electron chi connectivity index (χ0n) is 23.8. The average Bonchev–Trinajstić information content (AvgIpc) is 2.68. The number of phosphoric acid groups is 1. The molecular weight excluding hydrogens is 517 g/mol. The number of amides is 1. The molecule has 0 fully saturated rings. The first-order valence-corrected chi connectivity index (χ1v) is 13.8. The number of hydrogen-bond acceptors (Lipinski definition) is 10. The molecule has 0 heterocycles. The summed E-state index contributed by atoms with van der Waals surface area (Å²) in [6.45, 7) is 14.9. The molecule has 0 saturated carbocycles. The lowest BCUT2D eigenvalue weighted by molar-refractivity contribution is -0.155. The molecule has 12 heteroatoms. The largest absolute Gasteiger partial charge is 0.478 e. The lowest BCUT2D eigenvalue weighted by atomic mass is 10.2. The molecule has 216 valence electrons. The van der Waals surface area contributed by atoms with E-state index in [0.29, 0.717) is 0 Å². The van der Waals surface area contributed by atoms with Gasteiger partial charge >= 0.3 is 25.9 Å². The minimum atomic E-state index is -4.36. The minimum absolute atomic E-state index is 0.0247. The van der Waals surface area contributed by atoms with Gasteiger partial charge in [-0.3, -0.25) is 18.6 Å². The zero-order valence-corrected chi connectivity index (χ0v) is 24.7. The Bertz CT molecular complexity index is 941. The summed E-state index contributed by atoms with van der Waals surface area (Å²) < 4.78 is 45.9. The van der Waals surface area contributed by atoms with E-state index in [1.165, 1.54) is 0 Å². The molecule has 38 heavy (non-hydrogen) atoms. The molecule has 1 atom stereocenters. The van der Waals surface area contributed by atoms with Crippen molar-refractivity contribution < 1.29 is 46.7 Å². The van der Waals surface area contributed by atoms with Crippen LogP contribution in [0.2, 0.25) is 0 Å². The van der Waals surface area contributed by atoms with E-state index < -0.39 is 55.4 Å². The van der Waals surface area contributed by atoms with Gasteiger partial charge in [-0.05, 0) is 67.9 Å². The van der Waals surface area contributed by atoms with Crippen LogP contribution in [0.1, 0.15) is 80.7 Å². The number of alkyl carbamates (subject to hydrolysis) is 1. The van der Waals surface area contributed by atoms with Gasteiger partial charge in [0.1, 0.15) is 18.6 Å². The van der Waals surface area contributed by atoms with Gasteiger partial charge in [0.15, 0.2) is 0 Å². The maximum atomic E-state index is 13.5. The number of ether oxygens (including phenoxy) is 3. The molecule has 1 amide bonds. The van der Waals surface area contributed by atoms with Crippen molar-refractivity contribution in [1.82, 2.24) is 5.32 Å². The summed E-state index contributed by atoms with van der Waals surface area (Å²) in [5.41, 5.74) is -1.85. The normalized spacial score (nSPS) is 13.4. The number of benzene rings is 1. The fourth-order valence-electron chi connectivity index (χ4n) is 2.73. The van der Waals surface area contributed by atoms with Crippen molar-refractivity contribution in [3.8, 4) is 0 Å². The predicted molar refractivity (Wildman–Crippen MR) is 140 cm³/mol. The second kappa shape index (κ2) is 14.1. The van der Waals surface area contributed by atoms with Gasteiger partial charge in [0, 0.05) is 6.54 Å². The molecule has 1 unspecified atom stereocenters. The Morgan fingerprint density at radius 2 is 1.39 bits per heavy atom. The van der Waals surface area contributed by atoms with Crippen molar-refractivity contribution in [2.45, 2.75) is 105 Å². The van der Waals surface area contributed by atoms with Gasteiger partial charge in [0.25, 0.3) is 0 Å². The van der Waals surface area contributed by atoms with Crippen molar-refractivity contribution >= 4 is 25.9 Å². The van der Waals surface area contributed by atoms with Crippen LogP contribution in [0.5, 0.6) is 0 Å². The van der Waals surface area contributed by atoms with Crippen LogP contribution in [0.25, 0.3) is 0 Å². The zero-order chi connectivity index (χ0) is 29.2. The van der Waals surface area contributed by atoms with Crippen LogP contribution in [-0.4, -0.2) is 47.7 Å². The summed E-state index contributed by atoms with van der Waals surface area (Å²) in [4.78, 5) is 36.9. The molecule has 0 bridgehead atoms. The molecule has 1 aromatic rings. The van der Waals surface area contributed by atoms with Crippen molar-refractivity contribution in [2.24, 2.45) is 0 Å². The first kappa shape index (κ1) is 33.6. The van der Waals surface area contributed by atoms with Gasteiger partial charge in [-0.25, -0.2) is 13.9 Å². The van der Waals surface area contributed by atoms with E-state index in [1.54, 1.807) is 86.6 Å². The van der Waals surface area contributed by atoms with Crippen LogP contribution in [-0.2, 0) is 48.5 Å².